The van der Waals surface area contributed by atoms with Crippen molar-refractivity contribution in [2.45, 2.75) is 11.3 Å². The Hall–Kier alpha value is -3.56. The molecule has 0 radical (unpaired) electrons. The van der Waals surface area contributed by atoms with Crippen LogP contribution in [0.2, 0.25) is 5.02 Å². The molecular weight excluding hydrogens is 454 g/mol. The highest BCUT2D eigenvalue weighted by Crippen LogP contribution is 2.21. The predicted molar refractivity (Wildman–Crippen MR) is 122 cm³/mol. The minimum Gasteiger partial charge on any atom is -0.484 e. The van der Waals surface area contributed by atoms with E-state index in [0.717, 1.165) is 5.56 Å². The van der Waals surface area contributed by atoms with Crippen molar-refractivity contribution in [3.63, 3.8) is 0 Å². The van der Waals surface area contributed by atoms with Gasteiger partial charge in [-0.2, -0.15) is 0 Å². The molecule has 32 heavy (non-hydrogen) atoms. The molecule has 0 unspecified atom stereocenters. The summed E-state index contributed by atoms with van der Waals surface area (Å²) >= 11 is 5.80. The Bertz CT molecular complexity index is 1200. The lowest BCUT2D eigenvalue weighted by Gasteiger charge is -2.10. The van der Waals surface area contributed by atoms with E-state index in [2.05, 4.69) is 10.0 Å². The van der Waals surface area contributed by atoms with Crippen LogP contribution in [0.4, 0.5) is 11.4 Å². The van der Waals surface area contributed by atoms with Crippen LogP contribution < -0.4 is 20.5 Å². The number of carbonyl (C=O) groups excluding carboxylic acids is 2. The number of benzene rings is 3. The Balaban J connectivity index is 1.53. The molecule has 3 aromatic rings. The van der Waals surface area contributed by atoms with Gasteiger partial charge in [0.25, 0.3) is 15.9 Å². The molecule has 3 rings (SSSR count). The standard InChI is InChI=1S/C22H20ClN3O5S/c23-16-3-7-18(8-4-16)26-32(29,30)20-11-9-19(10-12-20)31-14-22(28)25-17-5-1-15(2-6-17)13-21(24)27/h1-12,26H,13-14H2,(H2,24,27)(H,25,28). The fourth-order valence-corrected chi connectivity index (χ4v) is 3.88. The molecule has 8 nitrogen and oxygen atoms in total. The maximum Gasteiger partial charge on any atom is 0.262 e. The summed E-state index contributed by atoms with van der Waals surface area (Å²) < 4.78 is 32.8. The van der Waals surface area contributed by atoms with Gasteiger partial charge in [0.15, 0.2) is 6.61 Å². The van der Waals surface area contributed by atoms with E-state index in [1.165, 1.54) is 24.3 Å². The molecule has 0 saturated heterocycles. The summed E-state index contributed by atoms with van der Waals surface area (Å²) in [5.41, 5.74) is 6.81. The van der Waals surface area contributed by atoms with Crippen LogP contribution in [0.15, 0.2) is 77.7 Å². The summed E-state index contributed by atoms with van der Waals surface area (Å²) in [4.78, 5) is 23.0. The van der Waals surface area contributed by atoms with Crippen molar-refractivity contribution in [2.75, 3.05) is 16.6 Å². The van der Waals surface area contributed by atoms with Gasteiger partial charge in [-0.05, 0) is 66.2 Å². The monoisotopic (exact) mass is 473 g/mol. The molecule has 10 heteroatoms. The smallest absolute Gasteiger partial charge is 0.262 e. The number of amides is 2. The molecule has 0 heterocycles. The number of rotatable bonds is 9. The van der Waals surface area contributed by atoms with Crippen molar-refractivity contribution in [2.24, 2.45) is 5.73 Å². The highest BCUT2D eigenvalue weighted by Gasteiger charge is 2.14. The van der Waals surface area contributed by atoms with Gasteiger partial charge in [-0.1, -0.05) is 23.7 Å². The summed E-state index contributed by atoms with van der Waals surface area (Å²) in [6, 6.07) is 18.6. The second kappa shape index (κ2) is 10.2. The molecule has 3 aromatic carbocycles. The predicted octanol–water partition coefficient (Wildman–Crippen LogP) is 3.19. The first-order valence-corrected chi connectivity index (χ1v) is 11.3. The molecule has 4 N–H and O–H groups in total. The Kier molecular flexibility index (Phi) is 7.34. The molecule has 0 spiro atoms. The van der Waals surface area contributed by atoms with Gasteiger partial charge in [-0.25, -0.2) is 8.42 Å². The van der Waals surface area contributed by atoms with Gasteiger partial charge in [0.05, 0.1) is 11.3 Å². The van der Waals surface area contributed by atoms with Gasteiger partial charge >= 0.3 is 0 Å². The lowest BCUT2D eigenvalue weighted by Crippen LogP contribution is -2.20. The van der Waals surface area contributed by atoms with Crippen LogP contribution in [0.5, 0.6) is 5.75 Å². The molecule has 0 aliphatic heterocycles. The quantitative estimate of drug-likeness (QED) is 0.439. The maximum atomic E-state index is 12.5. The van der Waals surface area contributed by atoms with Gasteiger partial charge in [0.2, 0.25) is 5.91 Å². The van der Waals surface area contributed by atoms with Gasteiger partial charge < -0.3 is 15.8 Å². The zero-order chi connectivity index (χ0) is 23.1. The van der Waals surface area contributed by atoms with Crippen molar-refractivity contribution >= 4 is 44.8 Å². The number of primary amides is 1. The Labute approximate surface area is 190 Å². The summed E-state index contributed by atoms with van der Waals surface area (Å²) in [6.07, 6.45) is 0.123. The molecule has 0 saturated carbocycles. The molecule has 0 aromatic heterocycles. The molecule has 0 aliphatic rings. The van der Waals surface area contributed by atoms with Crippen LogP contribution >= 0.6 is 11.6 Å². The van der Waals surface area contributed by atoms with E-state index < -0.39 is 21.8 Å². The van der Waals surface area contributed by atoms with E-state index in [9.17, 15) is 18.0 Å². The highest BCUT2D eigenvalue weighted by molar-refractivity contribution is 7.92. The van der Waals surface area contributed by atoms with E-state index in [-0.39, 0.29) is 17.9 Å². The zero-order valence-corrected chi connectivity index (χ0v) is 18.3. The third kappa shape index (κ3) is 6.73. The molecule has 166 valence electrons. The number of anilines is 2. The van der Waals surface area contributed by atoms with E-state index in [1.807, 2.05) is 0 Å². The summed E-state index contributed by atoms with van der Waals surface area (Å²) in [5.74, 6) is -0.495. The van der Waals surface area contributed by atoms with E-state index in [1.54, 1.807) is 48.5 Å². The topological polar surface area (TPSA) is 128 Å². The van der Waals surface area contributed by atoms with E-state index in [4.69, 9.17) is 22.1 Å². The van der Waals surface area contributed by atoms with E-state index >= 15 is 0 Å². The number of carbonyl (C=O) groups is 2. The molecule has 0 aliphatic carbocycles. The molecule has 0 fully saturated rings. The van der Waals surface area contributed by atoms with Crippen LogP contribution in [-0.4, -0.2) is 26.8 Å². The van der Waals surface area contributed by atoms with Crippen molar-refractivity contribution in [3.05, 3.63) is 83.4 Å². The fourth-order valence-electron chi connectivity index (χ4n) is 2.70. The zero-order valence-electron chi connectivity index (χ0n) is 16.7. The first-order valence-electron chi connectivity index (χ1n) is 9.40. The van der Waals surface area contributed by atoms with Crippen LogP contribution in [0.1, 0.15) is 5.56 Å². The van der Waals surface area contributed by atoms with Crippen LogP contribution in [-0.2, 0) is 26.0 Å². The number of hydrogen-bond acceptors (Lipinski definition) is 5. The van der Waals surface area contributed by atoms with Gasteiger partial charge in [0, 0.05) is 16.4 Å². The van der Waals surface area contributed by atoms with Crippen LogP contribution in [0.25, 0.3) is 0 Å². The SMILES string of the molecule is NC(=O)Cc1ccc(NC(=O)COc2ccc(S(=O)(=O)Nc3ccc(Cl)cc3)cc2)cc1. The first kappa shape index (κ1) is 23.1. The number of hydrogen-bond donors (Lipinski definition) is 3. The Morgan fingerprint density at radius 3 is 2.06 bits per heavy atom. The summed E-state index contributed by atoms with van der Waals surface area (Å²) in [5, 5.41) is 3.16. The average Bonchev–Trinajstić information content (AvgIpc) is 2.75. The Morgan fingerprint density at radius 2 is 1.47 bits per heavy atom. The number of nitrogens with two attached hydrogens (primary N) is 1. The first-order chi connectivity index (χ1) is 15.2. The minimum atomic E-state index is -3.78. The van der Waals surface area contributed by atoms with Gasteiger partial charge in [-0.3, -0.25) is 14.3 Å². The number of nitrogens with one attached hydrogen (secondary N) is 2. The number of halogens is 1. The lowest BCUT2D eigenvalue weighted by molar-refractivity contribution is -0.118. The maximum absolute atomic E-state index is 12.5. The van der Waals surface area contributed by atoms with Crippen LogP contribution in [0, 0.1) is 0 Å². The van der Waals surface area contributed by atoms with Gasteiger partial charge in [0.1, 0.15) is 5.75 Å². The van der Waals surface area contributed by atoms with Crippen molar-refractivity contribution in [1.29, 1.82) is 0 Å². The van der Waals surface area contributed by atoms with E-state index in [0.29, 0.717) is 22.1 Å². The van der Waals surface area contributed by atoms with Crippen molar-refractivity contribution in [1.82, 2.24) is 0 Å². The molecule has 0 bridgehead atoms. The minimum absolute atomic E-state index is 0.0419. The van der Waals surface area contributed by atoms with Crippen molar-refractivity contribution in [3.8, 4) is 5.75 Å². The van der Waals surface area contributed by atoms with Crippen LogP contribution in [0.3, 0.4) is 0 Å². The molecular formula is C22H20ClN3O5S. The third-order valence-corrected chi connectivity index (χ3v) is 5.87. The van der Waals surface area contributed by atoms with Crippen molar-refractivity contribution < 1.29 is 22.7 Å². The highest BCUT2D eigenvalue weighted by atomic mass is 35.5. The van der Waals surface area contributed by atoms with Gasteiger partial charge in [-0.15, -0.1) is 0 Å². The normalized spacial score (nSPS) is 10.9. The fraction of sp³-hybridized carbons (Fsp3) is 0.0909. The summed E-state index contributed by atoms with van der Waals surface area (Å²) in [7, 11) is -3.78. The number of sulfonamides is 1. The largest absolute Gasteiger partial charge is 0.484 e. The molecule has 0 atom stereocenters. The number of ether oxygens (including phenoxy) is 1. The second-order valence-electron chi connectivity index (χ2n) is 6.76. The second-order valence-corrected chi connectivity index (χ2v) is 8.88. The summed E-state index contributed by atoms with van der Waals surface area (Å²) in [6.45, 7) is -0.266. The molecule has 2 amide bonds. The third-order valence-electron chi connectivity index (χ3n) is 4.22. The Morgan fingerprint density at radius 1 is 0.875 bits per heavy atom. The average molecular weight is 474 g/mol. The lowest BCUT2D eigenvalue weighted by atomic mass is 10.1.